The molecule has 2 N–H and O–H groups in total. The summed E-state index contributed by atoms with van der Waals surface area (Å²) in [6.07, 6.45) is 0.763. The lowest BCUT2D eigenvalue weighted by atomic mass is 10.5. The molecule has 0 aliphatic carbocycles. The van der Waals surface area contributed by atoms with Crippen molar-refractivity contribution < 1.29 is 29.3 Å². The zero-order chi connectivity index (χ0) is 12.1. The molecular formula is C9H14O6. The van der Waals surface area contributed by atoms with Gasteiger partial charge in [-0.15, -0.1) is 0 Å². The van der Waals surface area contributed by atoms with Crippen molar-refractivity contribution in [2.24, 2.45) is 0 Å². The first kappa shape index (κ1) is 15.5. The minimum atomic E-state index is -1.37. The molecule has 0 rings (SSSR count). The number of carboxylic acid groups (broad SMARTS) is 2. The van der Waals surface area contributed by atoms with E-state index < -0.39 is 12.3 Å². The van der Waals surface area contributed by atoms with Crippen LogP contribution in [-0.4, -0.2) is 35.7 Å². The summed E-state index contributed by atoms with van der Waals surface area (Å²) >= 11 is 0. The molecule has 0 aromatic heterocycles. The third-order valence-corrected chi connectivity index (χ3v) is 0.906. The van der Waals surface area contributed by atoms with Crippen LogP contribution in [0.15, 0.2) is 25.3 Å². The van der Waals surface area contributed by atoms with Gasteiger partial charge in [0.25, 0.3) is 0 Å². The first-order valence-corrected chi connectivity index (χ1v) is 3.99. The van der Waals surface area contributed by atoms with Gasteiger partial charge in [0.15, 0.2) is 0 Å². The van der Waals surface area contributed by atoms with Crippen molar-refractivity contribution in [2.75, 3.05) is 13.2 Å². The molecule has 0 spiro atoms. The van der Waals surface area contributed by atoms with E-state index in [1.54, 1.807) is 12.2 Å². The first-order valence-electron chi connectivity index (χ1n) is 3.99. The van der Waals surface area contributed by atoms with E-state index in [0.29, 0.717) is 0 Å². The molecule has 0 aromatic carbocycles. The van der Waals surface area contributed by atoms with Crippen LogP contribution in [0, 0.1) is 0 Å². The van der Waals surface area contributed by atoms with Gasteiger partial charge in [-0.25, -0.2) is 9.59 Å². The van der Waals surface area contributed by atoms with Crippen LogP contribution in [0.1, 0.15) is 6.42 Å². The minimum absolute atomic E-state index is 0.0530. The monoisotopic (exact) mass is 218 g/mol. The van der Waals surface area contributed by atoms with E-state index in [-0.39, 0.29) is 19.6 Å². The summed E-state index contributed by atoms with van der Waals surface area (Å²) in [5.74, 6) is 0. The van der Waals surface area contributed by atoms with Gasteiger partial charge in [-0.2, -0.15) is 0 Å². The Labute approximate surface area is 87.4 Å². The Morgan fingerprint density at radius 3 is 1.53 bits per heavy atom. The van der Waals surface area contributed by atoms with Gasteiger partial charge >= 0.3 is 12.3 Å². The fraction of sp³-hybridized carbons (Fsp3) is 0.333. The Kier molecular flexibility index (Phi) is 12.4. The normalized spacial score (nSPS) is 7.73. The number of rotatable bonds is 5. The van der Waals surface area contributed by atoms with E-state index in [1.165, 1.54) is 0 Å². The number of hydrogen-bond donors (Lipinski definition) is 2. The van der Waals surface area contributed by atoms with E-state index in [1.807, 2.05) is 0 Å². The third kappa shape index (κ3) is 24.5. The molecule has 6 nitrogen and oxygen atoms in total. The van der Waals surface area contributed by atoms with E-state index in [9.17, 15) is 9.59 Å². The van der Waals surface area contributed by atoms with Crippen LogP contribution in [0.3, 0.4) is 0 Å². The molecule has 0 saturated carbocycles. The first-order chi connectivity index (χ1) is 7.04. The molecule has 0 unspecified atom stereocenters. The second kappa shape index (κ2) is 12.0. The quantitative estimate of drug-likeness (QED) is 0.417. The Morgan fingerprint density at radius 2 is 1.33 bits per heavy atom. The van der Waals surface area contributed by atoms with E-state index >= 15 is 0 Å². The largest absolute Gasteiger partial charge is 0.505 e. The van der Waals surface area contributed by atoms with Gasteiger partial charge in [0.05, 0.1) is 13.2 Å². The Morgan fingerprint density at radius 1 is 1.00 bits per heavy atom. The lowest BCUT2D eigenvalue weighted by Gasteiger charge is -1.99. The second-order valence-electron chi connectivity index (χ2n) is 2.05. The van der Waals surface area contributed by atoms with Crippen LogP contribution < -0.4 is 0 Å². The predicted molar refractivity (Wildman–Crippen MR) is 53.0 cm³/mol. The molecule has 0 aliphatic heterocycles. The van der Waals surface area contributed by atoms with E-state index in [0.717, 1.165) is 0 Å². The van der Waals surface area contributed by atoms with Crippen LogP contribution in [0.5, 0.6) is 0 Å². The molecule has 0 radical (unpaired) electrons. The smallest absolute Gasteiger partial charge is 0.450 e. The van der Waals surface area contributed by atoms with E-state index in [2.05, 4.69) is 22.6 Å². The lowest BCUT2D eigenvalue weighted by molar-refractivity contribution is 0.0689. The van der Waals surface area contributed by atoms with Gasteiger partial charge in [-0.3, -0.25) is 0 Å². The molecule has 0 saturated heterocycles. The van der Waals surface area contributed by atoms with Crippen molar-refractivity contribution in [3.8, 4) is 0 Å². The standard InChI is InChI=1S/C5H8O6.C4H6/c6-4(7)10-2-1-3-11-5(8)9;1-3-4-2/h1-3H2,(H,6,7)(H,8,9);3-4H,1-2H2. The minimum Gasteiger partial charge on any atom is -0.450 e. The topological polar surface area (TPSA) is 93.1 Å². The summed E-state index contributed by atoms with van der Waals surface area (Å²) in [5.41, 5.74) is 0. The van der Waals surface area contributed by atoms with E-state index in [4.69, 9.17) is 10.2 Å². The van der Waals surface area contributed by atoms with Crippen molar-refractivity contribution >= 4 is 12.3 Å². The number of hydrogen-bond acceptors (Lipinski definition) is 4. The van der Waals surface area contributed by atoms with Crippen LogP contribution in [0.4, 0.5) is 9.59 Å². The molecule has 0 aliphatic rings. The third-order valence-electron chi connectivity index (χ3n) is 0.906. The highest BCUT2D eigenvalue weighted by molar-refractivity contribution is 5.57. The van der Waals surface area contributed by atoms with Crippen LogP contribution in [0.25, 0.3) is 0 Å². The fourth-order valence-electron chi connectivity index (χ4n) is 0.378. The van der Waals surface area contributed by atoms with Crippen LogP contribution in [0.2, 0.25) is 0 Å². The predicted octanol–water partition coefficient (Wildman–Crippen LogP) is 2.12. The summed E-state index contributed by atoms with van der Waals surface area (Å²) in [6, 6.07) is 0. The molecular weight excluding hydrogens is 204 g/mol. The van der Waals surface area contributed by atoms with Crippen molar-refractivity contribution in [1.82, 2.24) is 0 Å². The molecule has 0 atom stereocenters. The molecule has 0 fully saturated rings. The van der Waals surface area contributed by atoms with Crippen molar-refractivity contribution in [3.05, 3.63) is 25.3 Å². The average Bonchev–Trinajstić information content (AvgIpc) is 2.17. The molecule has 6 heteroatoms. The molecule has 0 bridgehead atoms. The Balaban J connectivity index is 0. The summed E-state index contributed by atoms with van der Waals surface area (Å²) < 4.78 is 8.13. The molecule has 15 heavy (non-hydrogen) atoms. The maximum Gasteiger partial charge on any atom is 0.505 e. The summed E-state index contributed by atoms with van der Waals surface area (Å²) in [4.78, 5) is 19.4. The Bertz CT molecular complexity index is 189. The second-order valence-corrected chi connectivity index (χ2v) is 2.05. The number of allylic oxidation sites excluding steroid dienone is 2. The zero-order valence-electron chi connectivity index (χ0n) is 8.22. The van der Waals surface area contributed by atoms with Gasteiger partial charge in [0, 0.05) is 6.42 Å². The zero-order valence-corrected chi connectivity index (χ0v) is 8.22. The van der Waals surface area contributed by atoms with Gasteiger partial charge in [0.1, 0.15) is 0 Å². The van der Waals surface area contributed by atoms with Gasteiger partial charge in [0.2, 0.25) is 0 Å². The molecule has 86 valence electrons. The van der Waals surface area contributed by atoms with Gasteiger partial charge in [-0.05, 0) is 0 Å². The van der Waals surface area contributed by atoms with Crippen molar-refractivity contribution in [1.29, 1.82) is 0 Å². The average molecular weight is 218 g/mol. The lowest BCUT2D eigenvalue weighted by Crippen LogP contribution is -2.07. The highest BCUT2D eigenvalue weighted by atomic mass is 16.7. The summed E-state index contributed by atoms with van der Waals surface area (Å²) in [5, 5.41) is 15.9. The summed E-state index contributed by atoms with van der Waals surface area (Å²) in [6.45, 7) is 6.62. The van der Waals surface area contributed by atoms with Crippen molar-refractivity contribution in [2.45, 2.75) is 6.42 Å². The maximum atomic E-state index is 9.72. The number of carbonyl (C=O) groups is 2. The highest BCUT2D eigenvalue weighted by Gasteiger charge is 1.98. The summed E-state index contributed by atoms with van der Waals surface area (Å²) in [7, 11) is 0. The Hall–Kier alpha value is -1.98. The van der Waals surface area contributed by atoms with Crippen LogP contribution >= 0.6 is 0 Å². The maximum absolute atomic E-state index is 9.72. The van der Waals surface area contributed by atoms with Crippen LogP contribution in [-0.2, 0) is 9.47 Å². The fourth-order valence-corrected chi connectivity index (χ4v) is 0.378. The number of ether oxygens (including phenoxy) is 2. The van der Waals surface area contributed by atoms with Gasteiger partial charge < -0.3 is 19.7 Å². The van der Waals surface area contributed by atoms with Gasteiger partial charge in [-0.1, -0.05) is 25.3 Å². The molecule has 0 heterocycles. The molecule has 0 amide bonds. The van der Waals surface area contributed by atoms with Crippen molar-refractivity contribution in [3.63, 3.8) is 0 Å². The molecule has 0 aromatic rings. The highest BCUT2D eigenvalue weighted by Crippen LogP contribution is 1.85. The SMILES string of the molecule is C=CC=C.O=C(O)OCCCOC(=O)O.